The fourth-order valence-corrected chi connectivity index (χ4v) is 2.85. The SMILES string of the molecule is CCC(C)N1CCN(c2cc(F)c(Br)cc2N)CC1. The summed E-state index contributed by atoms with van der Waals surface area (Å²) in [5.74, 6) is -0.256. The molecule has 0 spiro atoms. The van der Waals surface area contributed by atoms with Gasteiger partial charge in [0.05, 0.1) is 15.8 Å². The first-order valence-corrected chi connectivity index (χ1v) is 7.55. The van der Waals surface area contributed by atoms with E-state index < -0.39 is 0 Å². The Balaban J connectivity index is 2.07. The van der Waals surface area contributed by atoms with Gasteiger partial charge < -0.3 is 10.6 Å². The zero-order valence-corrected chi connectivity index (χ0v) is 13.1. The molecule has 1 aromatic carbocycles. The molecule has 1 atom stereocenters. The van der Waals surface area contributed by atoms with Crippen LogP contribution in [0.4, 0.5) is 15.8 Å². The van der Waals surface area contributed by atoms with Gasteiger partial charge in [-0.3, -0.25) is 4.90 Å². The van der Waals surface area contributed by atoms with Crippen LogP contribution in [-0.2, 0) is 0 Å². The van der Waals surface area contributed by atoms with E-state index in [-0.39, 0.29) is 5.82 Å². The van der Waals surface area contributed by atoms with E-state index in [2.05, 4.69) is 39.6 Å². The lowest BCUT2D eigenvalue weighted by atomic mass is 10.1. The number of nitrogens with zero attached hydrogens (tertiary/aromatic N) is 2. The Morgan fingerprint density at radius 1 is 1.32 bits per heavy atom. The van der Waals surface area contributed by atoms with Crippen LogP contribution in [0.5, 0.6) is 0 Å². The highest BCUT2D eigenvalue weighted by atomic mass is 79.9. The highest BCUT2D eigenvalue weighted by Gasteiger charge is 2.22. The van der Waals surface area contributed by atoms with Crippen LogP contribution >= 0.6 is 15.9 Å². The number of halogens is 2. The van der Waals surface area contributed by atoms with Crippen molar-refractivity contribution >= 4 is 27.3 Å². The van der Waals surface area contributed by atoms with E-state index in [0.29, 0.717) is 16.2 Å². The lowest BCUT2D eigenvalue weighted by Crippen LogP contribution is -2.49. The molecule has 1 heterocycles. The summed E-state index contributed by atoms with van der Waals surface area (Å²) in [6.07, 6.45) is 1.16. The Kier molecular flexibility index (Phi) is 4.68. The Morgan fingerprint density at radius 2 is 1.95 bits per heavy atom. The molecule has 0 aliphatic carbocycles. The van der Waals surface area contributed by atoms with Crippen molar-refractivity contribution in [2.24, 2.45) is 0 Å². The van der Waals surface area contributed by atoms with Gasteiger partial charge in [-0.05, 0) is 35.3 Å². The molecule has 1 fully saturated rings. The molecule has 2 N–H and O–H groups in total. The van der Waals surface area contributed by atoms with Crippen molar-refractivity contribution in [2.45, 2.75) is 26.3 Å². The second kappa shape index (κ2) is 6.09. The average Bonchev–Trinajstić information content (AvgIpc) is 2.42. The molecule has 1 aliphatic heterocycles. The zero-order chi connectivity index (χ0) is 14.0. The lowest BCUT2D eigenvalue weighted by molar-refractivity contribution is 0.193. The summed E-state index contributed by atoms with van der Waals surface area (Å²) < 4.78 is 14.1. The second-order valence-corrected chi connectivity index (χ2v) is 5.96. The van der Waals surface area contributed by atoms with Crippen molar-refractivity contribution < 1.29 is 4.39 Å². The van der Waals surface area contributed by atoms with Gasteiger partial charge in [0.15, 0.2) is 0 Å². The predicted octanol–water partition coefficient (Wildman–Crippen LogP) is 3.09. The summed E-state index contributed by atoms with van der Waals surface area (Å²) in [7, 11) is 0. The first-order valence-electron chi connectivity index (χ1n) is 6.76. The molecule has 0 amide bonds. The zero-order valence-electron chi connectivity index (χ0n) is 11.5. The van der Waals surface area contributed by atoms with Gasteiger partial charge in [-0.25, -0.2) is 4.39 Å². The number of hydrogen-bond donors (Lipinski definition) is 1. The molecular formula is C14H21BrFN3. The third-order valence-electron chi connectivity index (χ3n) is 3.94. The molecule has 0 radical (unpaired) electrons. The van der Waals surface area contributed by atoms with Gasteiger partial charge in [0.25, 0.3) is 0 Å². The van der Waals surface area contributed by atoms with Crippen LogP contribution in [0.2, 0.25) is 0 Å². The number of hydrogen-bond acceptors (Lipinski definition) is 3. The predicted molar refractivity (Wildman–Crippen MR) is 82.1 cm³/mol. The van der Waals surface area contributed by atoms with E-state index in [0.717, 1.165) is 38.3 Å². The Bertz CT molecular complexity index is 445. The molecule has 1 aromatic rings. The van der Waals surface area contributed by atoms with Crippen molar-refractivity contribution in [1.29, 1.82) is 0 Å². The molecule has 1 saturated heterocycles. The van der Waals surface area contributed by atoms with E-state index in [4.69, 9.17) is 5.73 Å². The molecule has 3 nitrogen and oxygen atoms in total. The first kappa shape index (κ1) is 14.6. The molecule has 0 saturated carbocycles. The molecule has 19 heavy (non-hydrogen) atoms. The van der Waals surface area contributed by atoms with E-state index in [1.165, 1.54) is 6.07 Å². The normalized spacial score (nSPS) is 18.6. The summed E-state index contributed by atoms with van der Waals surface area (Å²) in [4.78, 5) is 4.64. The van der Waals surface area contributed by atoms with Crippen LogP contribution in [0.3, 0.4) is 0 Å². The standard InChI is InChI=1S/C14H21BrFN3/c1-3-10(2)18-4-6-19(7-5-18)14-9-12(16)11(15)8-13(14)17/h8-10H,3-7,17H2,1-2H3. The third kappa shape index (κ3) is 3.20. The second-order valence-electron chi connectivity index (χ2n) is 5.11. The molecular weight excluding hydrogens is 309 g/mol. The summed E-state index contributed by atoms with van der Waals surface area (Å²) in [6, 6.07) is 3.78. The van der Waals surface area contributed by atoms with E-state index in [1.807, 2.05) is 0 Å². The maximum atomic E-state index is 13.6. The third-order valence-corrected chi connectivity index (χ3v) is 4.55. The molecule has 5 heteroatoms. The van der Waals surface area contributed by atoms with E-state index in [1.54, 1.807) is 6.07 Å². The lowest BCUT2D eigenvalue weighted by Gasteiger charge is -2.39. The summed E-state index contributed by atoms with van der Waals surface area (Å²) in [5, 5.41) is 0. The van der Waals surface area contributed by atoms with Crippen LogP contribution < -0.4 is 10.6 Å². The molecule has 1 aliphatic rings. The van der Waals surface area contributed by atoms with Crippen molar-refractivity contribution in [3.8, 4) is 0 Å². The molecule has 106 valence electrons. The van der Waals surface area contributed by atoms with Crippen LogP contribution in [-0.4, -0.2) is 37.1 Å². The summed E-state index contributed by atoms with van der Waals surface area (Å²) in [5.41, 5.74) is 7.43. The highest BCUT2D eigenvalue weighted by molar-refractivity contribution is 9.10. The maximum Gasteiger partial charge on any atom is 0.139 e. The number of piperazine rings is 1. The molecule has 0 bridgehead atoms. The van der Waals surface area contributed by atoms with Gasteiger partial charge in [0, 0.05) is 38.3 Å². The smallest absolute Gasteiger partial charge is 0.139 e. The van der Waals surface area contributed by atoms with Gasteiger partial charge in [-0.1, -0.05) is 6.92 Å². The van der Waals surface area contributed by atoms with Gasteiger partial charge in [0.1, 0.15) is 5.82 Å². The fraction of sp³-hybridized carbons (Fsp3) is 0.571. The van der Waals surface area contributed by atoms with Gasteiger partial charge in [-0.2, -0.15) is 0 Å². The number of anilines is 2. The van der Waals surface area contributed by atoms with Crippen molar-refractivity contribution in [3.63, 3.8) is 0 Å². The van der Waals surface area contributed by atoms with Gasteiger partial charge in [-0.15, -0.1) is 0 Å². The first-order chi connectivity index (χ1) is 9.02. The van der Waals surface area contributed by atoms with E-state index in [9.17, 15) is 4.39 Å². The largest absolute Gasteiger partial charge is 0.397 e. The molecule has 1 unspecified atom stereocenters. The van der Waals surface area contributed by atoms with Gasteiger partial charge in [0.2, 0.25) is 0 Å². The quantitative estimate of drug-likeness (QED) is 0.865. The fourth-order valence-electron chi connectivity index (χ4n) is 2.49. The molecule has 0 aromatic heterocycles. The number of nitrogens with two attached hydrogens (primary N) is 1. The van der Waals surface area contributed by atoms with Crippen LogP contribution in [0.1, 0.15) is 20.3 Å². The van der Waals surface area contributed by atoms with Crippen molar-refractivity contribution in [1.82, 2.24) is 4.90 Å². The Hall–Kier alpha value is -0.810. The minimum atomic E-state index is -0.256. The van der Waals surface area contributed by atoms with Crippen LogP contribution in [0.15, 0.2) is 16.6 Å². The average molecular weight is 330 g/mol. The maximum absolute atomic E-state index is 13.6. The Labute approximate surface area is 122 Å². The number of nitrogen functional groups attached to an aromatic ring is 1. The number of benzene rings is 1. The summed E-state index contributed by atoms with van der Waals surface area (Å²) >= 11 is 3.16. The Morgan fingerprint density at radius 3 is 2.53 bits per heavy atom. The minimum Gasteiger partial charge on any atom is -0.397 e. The molecule has 2 rings (SSSR count). The van der Waals surface area contributed by atoms with Crippen molar-refractivity contribution in [3.05, 3.63) is 22.4 Å². The van der Waals surface area contributed by atoms with Crippen LogP contribution in [0, 0.1) is 5.82 Å². The summed E-state index contributed by atoms with van der Waals surface area (Å²) in [6.45, 7) is 8.27. The monoisotopic (exact) mass is 329 g/mol. The minimum absolute atomic E-state index is 0.256. The van der Waals surface area contributed by atoms with Gasteiger partial charge >= 0.3 is 0 Å². The highest BCUT2D eigenvalue weighted by Crippen LogP contribution is 2.30. The van der Waals surface area contributed by atoms with Crippen LogP contribution in [0.25, 0.3) is 0 Å². The number of rotatable bonds is 3. The van der Waals surface area contributed by atoms with Crippen molar-refractivity contribution in [2.75, 3.05) is 36.8 Å². The van der Waals surface area contributed by atoms with E-state index >= 15 is 0 Å². The topological polar surface area (TPSA) is 32.5 Å².